The molecule has 4 nitrogen and oxygen atoms in total. The van der Waals surface area contributed by atoms with Gasteiger partial charge in [0, 0.05) is 41.2 Å². The zero-order valence-electron chi connectivity index (χ0n) is 14.9. The highest BCUT2D eigenvalue weighted by Gasteiger charge is 2.20. The monoisotopic (exact) mass is 313 g/mol. The third-order valence-electron chi connectivity index (χ3n) is 3.74. The van der Waals surface area contributed by atoms with Crippen molar-refractivity contribution in [3.63, 3.8) is 0 Å². The molecule has 2 aromatic rings. The van der Waals surface area contributed by atoms with Gasteiger partial charge in [-0.1, -0.05) is 26.8 Å². The van der Waals surface area contributed by atoms with Crippen LogP contribution >= 0.6 is 0 Å². The van der Waals surface area contributed by atoms with Crippen LogP contribution in [0.15, 0.2) is 30.9 Å². The van der Waals surface area contributed by atoms with Crippen molar-refractivity contribution in [2.45, 2.75) is 59.0 Å². The van der Waals surface area contributed by atoms with E-state index in [1.807, 2.05) is 6.07 Å². The van der Waals surface area contributed by atoms with Gasteiger partial charge >= 0.3 is 0 Å². The van der Waals surface area contributed by atoms with Gasteiger partial charge in [-0.2, -0.15) is 0 Å². The van der Waals surface area contributed by atoms with Gasteiger partial charge in [-0.05, 0) is 37.8 Å². The van der Waals surface area contributed by atoms with E-state index in [1.54, 1.807) is 12.4 Å². The maximum atomic E-state index is 10.7. The average Bonchev–Trinajstić information content (AvgIpc) is 2.45. The first-order valence-electron chi connectivity index (χ1n) is 7.95. The Balaban J connectivity index is 2.53. The Hall–Kier alpha value is -1.94. The van der Waals surface area contributed by atoms with Crippen molar-refractivity contribution in [2.24, 2.45) is 0 Å². The first-order valence-corrected chi connectivity index (χ1v) is 7.95. The molecule has 0 bridgehead atoms. The predicted octanol–water partition coefficient (Wildman–Crippen LogP) is 4.03. The molecule has 124 valence electrons. The van der Waals surface area contributed by atoms with E-state index < -0.39 is 0 Å². The summed E-state index contributed by atoms with van der Waals surface area (Å²) in [6.07, 6.45) is 4.96. The fourth-order valence-corrected chi connectivity index (χ4v) is 2.28. The van der Waals surface area contributed by atoms with Gasteiger partial charge in [0.2, 0.25) is 0 Å². The number of hydrogen-bond acceptors (Lipinski definition) is 4. The van der Waals surface area contributed by atoms with Crippen molar-refractivity contribution in [2.75, 3.05) is 0 Å². The molecule has 1 aromatic carbocycles. The molecule has 0 aliphatic heterocycles. The first kappa shape index (κ1) is 17.4. The summed E-state index contributed by atoms with van der Waals surface area (Å²) in [5, 5.41) is 14.2. The molecule has 0 unspecified atom stereocenters. The third kappa shape index (κ3) is 4.52. The summed E-state index contributed by atoms with van der Waals surface area (Å²) in [4.78, 5) is 8.14. The number of aromatic hydroxyl groups is 1. The topological polar surface area (TPSA) is 58.0 Å². The smallest absolute Gasteiger partial charge is 0.128 e. The summed E-state index contributed by atoms with van der Waals surface area (Å²) in [6.45, 7) is 13.5. The van der Waals surface area contributed by atoms with Crippen molar-refractivity contribution < 1.29 is 5.11 Å². The Morgan fingerprint density at radius 2 is 1.61 bits per heavy atom. The summed E-state index contributed by atoms with van der Waals surface area (Å²) in [6, 6.07) is 4.12. The maximum Gasteiger partial charge on any atom is 0.128 e. The number of benzene rings is 1. The Morgan fingerprint density at radius 3 is 2.13 bits per heavy atom. The van der Waals surface area contributed by atoms with Gasteiger partial charge in [0.1, 0.15) is 12.1 Å². The van der Waals surface area contributed by atoms with E-state index in [0.717, 1.165) is 16.7 Å². The minimum absolute atomic E-state index is 0.00539. The molecule has 0 aliphatic carbocycles. The Labute approximate surface area is 139 Å². The van der Waals surface area contributed by atoms with Crippen molar-refractivity contribution in [1.82, 2.24) is 15.3 Å². The van der Waals surface area contributed by atoms with Crippen LogP contribution in [-0.4, -0.2) is 20.6 Å². The van der Waals surface area contributed by atoms with Crippen LogP contribution in [0.5, 0.6) is 5.75 Å². The van der Waals surface area contributed by atoms with Crippen LogP contribution in [0, 0.1) is 0 Å². The minimum Gasteiger partial charge on any atom is -0.507 e. The molecular weight excluding hydrogens is 286 g/mol. The number of nitrogens with one attached hydrogen (secondary N) is 1. The van der Waals surface area contributed by atoms with Crippen LogP contribution in [0.4, 0.5) is 0 Å². The fourth-order valence-electron chi connectivity index (χ4n) is 2.28. The second-order valence-corrected chi connectivity index (χ2v) is 8.01. The number of rotatable bonds is 3. The largest absolute Gasteiger partial charge is 0.507 e. The van der Waals surface area contributed by atoms with Crippen LogP contribution < -0.4 is 5.32 Å². The lowest BCUT2D eigenvalue weighted by atomic mass is 9.84. The number of aromatic nitrogens is 2. The van der Waals surface area contributed by atoms with Gasteiger partial charge in [0.15, 0.2) is 0 Å². The molecule has 0 fully saturated rings. The van der Waals surface area contributed by atoms with E-state index in [1.165, 1.54) is 11.9 Å². The van der Waals surface area contributed by atoms with Crippen molar-refractivity contribution >= 4 is 0 Å². The van der Waals surface area contributed by atoms with Crippen LogP contribution in [0.1, 0.15) is 52.7 Å². The van der Waals surface area contributed by atoms with E-state index in [-0.39, 0.29) is 11.0 Å². The third-order valence-corrected chi connectivity index (χ3v) is 3.74. The molecule has 1 heterocycles. The molecule has 23 heavy (non-hydrogen) atoms. The Morgan fingerprint density at radius 1 is 1.00 bits per heavy atom. The van der Waals surface area contributed by atoms with E-state index in [4.69, 9.17) is 0 Å². The zero-order chi connectivity index (χ0) is 17.3. The number of phenols is 1. The highest BCUT2D eigenvalue weighted by molar-refractivity contribution is 5.72. The van der Waals surface area contributed by atoms with Gasteiger partial charge in [-0.25, -0.2) is 9.97 Å². The van der Waals surface area contributed by atoms with E-state index in [2.05, 4.69) is 62.9 Å². The molecule has 2 N–H and O–H groups in total. The highest BCUT2D eigenvalue weighted by Crippen LogP contribution is 2.36. The Kier molecular flexibility index (Phi) is 4.76. The molecule has 1 aromatic heterocycles. The maximum absolute atomic E-state index is 10.7. The first-order chi connectivity index (χ1) is 10.6. The lowest BCUT2D eigenvalue weighted by molar-refractivity contribution is 0.411. The summed E-state index contributed by atoms with van der Waals surface area (Å²) < 4.78 is 0. The number of nitrogens with zero attached hydrogens (tertiary/aromatic N) is 2. The summed E-state index contributed by atoms with van der Waals surface area (Å²) >= 11 is 0. The lowest BCUT2D eigenvalue weighted by Crippen LogP contribution is -2.35. The summed E-state index contributed by atoms with van der Waals surface area (Å²) in [5.41, 5.74) is 3.66. The number of hydrogen-bond donors (Lipinski definition) is 2. The summed E-state index contributed by atoms with van der Waals surface area (Å²) in [7, 11) is 0. The quantitative estimate of drug-likeness (QED) is 0.898. The van der Waals surface area contributed by atoms with E-state index in [9.17, 15) is 5.11 Å². The van der Waals surface area contributed by atoms with Crippen LogP contribution in [-0.2, 0) is 12.0 Å². The van der Waals surface area contributed by atoms with Crippen LogP contribution in [0.25, 0.3) is 11.1 Å². The molecule has 0 saturated heterocycles. The fraction of sp³-hybridized carbons (Fsp3) is 0.474. The van der Waals surface area contributed by atoms with Gasteiger partial charge in [-0.3, -0.25) is 0 Å². The van der Waals surface area contributed by atoms with Crippen LogP contribution in [0.2, 0.25) is 0 Å². The molecule has 0 amide bonds. The molecule has 0 radical (unpaired) electrons. The van der Waals surface area contributed by atoms with E-state index in [0.29, 0.717) is 12.3 Å². The molecule has 0 aliphatic rings. The van der Waals surface area contributed by atoms with E-state index >= 15 is 0 Å². The lowest BCUT2D eigenvalue weighted by Gasteiger charge is -2.25. The molecule has 0 saturated carbocycles. The molecule has 2 rings (SSSR count). The number of phenolic OH excluding ortho intramolecular Hbond substituents is 1. The molecule has 0 atom stereocenters. The standard InChI is InChI=1S/C19H27N3O/c1-18(2,3)15-7-13(11-22-19(4,5)6)17(23)16(8-15)14-9-20-12-21-10-14/h7-10,12,22-23H,11H2,1-6H3. The highest BCUT2D eigenvalue weighted by atomic mass is 16.3. The van der Waals surface area contributed by atoms with Gasteiger partial charge < -0.3 is 10.4 Å². The second-order valence-electron chi connectivity index (χ2n) is 8.01. The van der Waals surface area contributed by atoms with Crippen LogP contribution in [0.3, 0.4) is 0 Å². The van der Waals surface area contributed by atoms with Crippen molar-refractivity contribution in [1.29, 1.82) is 0 Å². The zero-order valence-corrected chi connectivity index (χ0v) is 14.9. The van der Waals surface area contributed by atoms with Gasteiger partial charge in [-0.15, -0.1) is 0 Å². The predicted molar refractivity (Wildman–Crippen MR) is 94.4 cm³/mol. The van der Waals surface area contributed by atoms with Crippen molar-refractivity contribution in [3.05, 3.63) is 42.0 Å². The second kappa shape index (κ2) is 6.28. The van der Waals surface area contributed by atoms with Gasteiger partial charge in [0.25, 0.3) is 0 Å². The molecule has 0 spiro atoms. The molecular formula is C19H27N3O. The Bertz CT molecular complexity index is 667. The average molecular weight is 313 g/mol. The van der Waals surface area contributed by atoms with Gasteiger partial charge in [0.05, 0.1) is 0 Å². The SMILES string of the molecule is CC(C)(C)NCc1cc(C(C)(C)C)cc(-c2cncnc2)c1O. The normalized spacial score (nSPS) is 12.4. The van der Waals surface area contributed by atoms with Crippen molar-refractivity contribution in [3.8, 4) is 16.9 Å². The minimum atomic E-state index is -0.0137. The summed E-state index contributed by atoms with van der Waals surface area (Å²) in [5.74, 6) is 0.296. The molecule has 4 heteroatoms.